The van der Waals surface area contributed by atoms with E-state index in [1.54, 1.807) is 31.2 Å². The Labute approximate surface area is 156 Å². The lowest BCUT2D eigenvalue weighted by molar-refractivity contribution is 0.102. The maximum absolute atomic E-state index is 12.7. The largest absolute Gasteiger partial charge is 0.340 e. The monoisotopic (exact) mass is 378 g/mol. The summed E-state index contributed by atoms with van der Waals surface area (Å²) in [4.78, 5) is 37.6. The summed E-state index contributed by atoms with van der Waals surface area (Å²) in [5.41, 5.74) is 1.34. The van der Waals surface area contributed by atoms with E-state index in [-0.39, 0.29) is 11.5 Å². The molecule has 11 nitrogen and oxygen atoms in total. The predicted molar refractivity (Wildman–Crippen MR) is 99.3 cm³/mol. The minimum atomic E-state index is -0.414. The lowest BCUT2D eigenvalue weighted by atomic mass is 10.2. The van der Waals surface area contributed by atoms with Crippen LogP contribution in [0, 0.1) is 6.92 Å². The molecular formula is C17H14N8O3. The second kappa shape index (κ2) is 6.79. The van der Waals surface area contributed by atoms with Gasteiger partial charge in [-0.2, -0.15) is 15.3 Å². The molecule has 0 saturated carbocycles. The second-order valence-corrected chi connectivity index (χ2v) is 5.90. The van der Waals surface area contributed by atoms with Crippen LogP contribution in [0.5, 0.6) is 0 Å². The molecule has 140 valence electrons. The maximum Gasteiger partial charge on any atom is 0.340 e. The minimum absolute atomic E-state index is 0.329. The van der Waals surface area contributed by atoms with E-state index < -0.39 is 5.69 Å². The Morgan fingerprint density at radius 2 is 1.96 bits per heavy atom. The van der Waals surface area contributed by atoms with Gasteiger partial charge in [0.25, 0.3) is 11.5 Å². The highest BCUT2D eigenvalue weighted by Crippen LogP contribution is 2.19. The van der Waals surface area contributed by atoms with Gasteiger partial charge in [-0.25, -0.2) is 19.7 Å². The number of nitrogens with one attached hydrogen (secondary N) is 4. The fourth-order valence-electron chi connectivity index (χ4n) is 2.67. The van der Waals surface area contributed by atoms with Gasteiger partial charge in [0.1, 0.15) is 0 Å². The number of aromatic amines is 3. The quantitative estimate of drug-likeness (QED) is 0.407. The van der Waals surface area contributed by atoms with Crippen LogP contribution in [0.15, 0.2) is 52.2 Å². The summed E-state index contributed by atoms with van der Waals surface area (Å²) in [7, 11) is 0. The van der Waals surface area contributed by atoms with Crippen molar-refractivity contribution in [2.24, 2.45) is 0 Å². The molecule has 0 radical (unpaired) electrons. The lowest BCUT2D eigenvalue weighted by Crippen LogP contribution is -2.14. The number of hydrogen-bond acceptors (Lipinski definition) is 6. The molecule has 0 fully saturated rings. The average molecular weight is 378 g/mol. The van der Waals surface area contributed by atoms with Gasteiger partial charge in [-0.3, -0.25) is 14.6 Å². The molecule has 11 heteroatoms. The summed E-state index contributed by atoms with van der Waals surface area (Å²) >= 11 is 0. The summed E-state index contributed by atoms with van der Waals surface area (Å²) < 4.78 is 1.45. The Morgan fingerprint density at radius 3 is 2.68 bits per heavy atom. The summed E-state index contributed by atoms with van der Waals surface area (Å²) in [5, 5.41) is 19.4. The molecule has 0 saturated heterocycles. The topological polar surface area (TPSA) is 154 Å². The van der Waals surface area contributed by atoms with E-state index in [9.17, 15) is 14.4 Å². The van der Waals surface area contributed by atoms with Crippen molar-refractivity contribution in [3.63, 3.8) is 0 Å². The first-order valence-electron chi connectivity index (χ1n) is 8.18. The van der Waals surface area contributed by atoms with Crippen molar-refractivity contribution in [3.05, 3.63) is 74.7 Å². The molecule has 0 bridgehead atoms. The third-order valence-corrected chi connectivity index (χ3v) is 4.03. The molecule has 3 heterocycles. The molecule has 0 atom stereocenters. The molecule has 0 aliphatic heterocycles. The molecule has 4 N–H and O–H groups in total. The van der Waals surface area contributed by atoms with Crippen LogP contribution in [0.2, 0.25) is 0 Å². The first-order valence-corrected chi connectivity index (χ1v) is 8.18. The zero-order valence-electron chi connectivity index (χ0n) is 14.6. The van der Waals surface area contributed by atoms with Gasteiger partial charge in [0.05, 0.1) is 17.5 Å². The smallest absolute Gasteiger partial charge is 0.322 e. The SMILES string of the molecule is Cc1c(C(=O)Nc2cccc(-c3n[nH]c(=O)[nH]3)c2)cnn1-c1ccc(=O)[nH]n1. The van der Waals surface area contributed by atoms with Gasteiger partial charge >= 0.3 is 5.69 Å². The van der Waals surface area contributed by atoms with Crippen molar-refractivity contribution < 1.29 is 4.79 Å². The van der Waals surface area contributed by atoms with Crippen molar-refractivity contribution in [1.82, 2.24) is 35.2 Å². The summed E-state index contributed by atoms with van der Waals surface area (Å²) in [6, 6.07) is 9.73. The van der Waals surface area contributed by atoms with Crippen molar-refractivity contribution >= 4 is 11.6 Å². The maximum atomic E-state index is 12.7. The Kier molecular flexibility index (Phi) is 4.16. The molecule has 1 amide bonds. The highest BCUT2D eigenvalue weighted by atomic mass is 16.2. The molecule has 28 heavy (non-hydrogen) atoms. The minimum Gasteiger partial charge on any atom is -0.322 e. The Morgan fingerprint density at radius 1 is 1.11 bits per heavy atom. The highest BCUT2D eigenvalue weighted by molar-refractivity contribution is 6.05. The number of hydrogen-bond donors (Lipinski definition) is 4. The van der Waals surface area contributed by atoms with E-state index in [0.717, 1.165) is 0 Å². The molecule has 4 aromatic rings. The zero-order chi connectivity index (χ0) is 19.7. The van der Waals surface area contributed by atoms with Crippen LogP contribution in [-0.4, -0.2) is 41.1 Å². The zero-order valence-corrected chi connectivity index (χ0v) is 14.6. The number of anilines is 1. The third-order valence-electron chi connectivity index (χ3n) is 4.03. The Bertz CT molecular complexity index is 1260. The number of carbonyl (C=O) groups excluding carboxylic acids is 1. The number of nitrogens with zero attached hydrogens (tertiary/aromatic N) is 4. The van der Waals surface area contributed by atoms with E-state index in [4.69, 9.17) is 0 Å². The molecule has 1 aromatic carbocycles. The van der Waals surface area contributed by atoms with Crippen molar-refractivity contribution in [3.8, 4) is 17.2 Å². The fraction of sp³-hybridized carbons (Fsp3) is 0.0588. The van der Waals surface area contributed by atoms with Gasteiger partial charge in [-0.05, 0) is 25.1 Å². The molecular weight excluding hydrogens is 364 g/mol. The van der Waals surface area contributed by atoms with E-state index in [1.807, 2.05) is 0 Å². The number of aromatic nitrogens is 7. The lowest BCUT2D eigenvalue weighted by Gasteiger charge is -2.07. The molecule has 0 unspecified atom stereocenters. The first-order chi connectivity index (χ1) is 13.5. The molecule has 0 aliphatic rings. The number of amides is 1. The molecule has 4 rings (SSSR count). The highest BCUT2D eigenvalue weighted by Gasteiger charge is 2.16. The molecule has 3 aromatic heterocycles. The number of carbonyl (C=O) groups is 1. The van der Waals surface area contributed by atoms with E-state index in [0.29, 0.717) is 34.2 Å². The number of benzene rings is 1. The number of rotatable bonds is 4. The van der Waals surface area contributed by atoms with Crippen LogP contribution < -0.4 is 16.6 Å². The normalized spacial score (nSPS) is 10.8. The van der Waals surface area contributed by atoms with Gasteiger partial charge in [0.15, 0.2) is 11.6 Å². The second-order valence-electron chi connectivity index (χ2n) is 5.90. The van der Waals surface area contributed by atoms with Gasteiger partial charge in [-0.15, -0.1) is 0 Å². The van der Waals surface area contributed by atoms with Gasteiger partial charge < -0.3 is 5.32 Å². The Hall–Kier alpha value is -4.28. The van der Waals surface area contributed by atoms with E-state index >= 15 is 0 Å². The van der Waals surface area contributed by atoms with Crippen LogP contribution in [0.25, 0.3) is 17.2 Å². The van der Waals surface area contributed by atoms with Gasteiger partial charge in [0.2, 0.25) is 0 Å². The van der Waals surface area contributed by atoms with Crippen molar-refractivity contribution in [1.29, 1.82) is 0 Å². The number of H-pyrrole nitrogens is 3. The standard InChI is InChI=1S/C17H14N8O3/c1-9-12(8-18-25(9)13-5-6-14(26)22-21-13)16(27)19-11-4-2-3-10(7-11)15-20-17(28)24-23-15/h2-8H,1H3,(H,19,27)(H,22,26)(H2,20,23,24,28). The van der Waals surface area contributed by atoms with Crippen LogP contribution in [0.4, 0.5) is 5.69 Å². The van der Waals surface area contributed by atoms with Gasteiger partial charge in [-0.1, -0.05) is 12.1 Å². The van der Waals surface area contributed by atoms with Crippen LogP contribution in [0.1, 0.15) is 16.1 Å². The Balaban J connectivity index is 1.58. The summed E-state index contributed by atoms with van der Waals surface area (Å²) in [6.07, 6.45) is 1.42. The fourth-order valence-corrected chi connectivity index (χ4v) is 2.67. The third kappa shape index (κ3) is 3.23. The van der Waals surface area contributed by atoms with E-state index in [1.165, 1.54) is 23.0 Å². The summed E-state index contributed by atoms with van der Waals surface area (Å²) in [6.45, 7) is 1.72. The van der Waals surface area contributed by atoms with Crippen LogP contribution >= 0.6 is 0 Å². The first kappa shape index (κ1) is 17.1. The van der Waals surface area contributed by atoms with Gasteiger partial charge in [0, 0.05) is 17.3 Å². The van der Waals surface area contributed by atoms with Crippen molar-refractivity contribution in [2.45, 2.75) is 6.92 Å². The molecule has 0 spiro atoms. The predicted octanol–water partition coefficient (Wildman–Crippen LogP) is 0.595. The average Bonchev–Trinajstić information content (AvgIpc) is 3.29. The van der Waals surface area contributed by atoms with Crippen LogP contribution in [-0.2, 0) is 0 Å². The van der Waals surface area contributed by atoms with Crippen LogP contribution in [0.3, 0.4) is 0 Å². The van der Waals surface area contributed by atoms with E-state index in [2.05, 4.69) is 35.8 Å². The van der Waals surface area contributed by atoms with Crippen molar-refractivity contribution in [2.75, 3.05) is 5.32 Å². The summed E-state index contributed by atoms with van der Waals surface area (Å²) in [5.74, 6) is 0.399. The molecule has 0 aliphatic carbocycles.